The first-order chi connectivity index (χ1) is 9.58. The Morgan fingerprint density at radius 1 is 1.00 bits per heavy atom. The fourth-order valence-electron chi connectivity index (χ4n) is 1.93. The molecular weight excluding hydrogens is 407 g/mol. The Morgan fingerprint density at radius 3 is 2.20 bits per heavy atom. The average Bonchev–Trinajstić information content (AvgIpc) is 2.47. The normalized spacial score (nSPS) is 12.1. The van der Waals surface area contributed by atoms with Crippen LogP contribution < -0.4 is 9.47 Å². The molecular formula is C15H13Br2ClO2. The third kappa shape index (κ3) is 3.13. The lowest BCUT2D eigenvalue weighted by atomic mass is 10.0. The van der Waals surface area contributed by atoms with Crippen molar-refractivity contribution in [1.82, 2.24) is 0 Å². The minimum absolute atomic E-state index is 0.00560. The van der Waals surface area contributed by atoms with Gasteiger partial charge < -0.3 is 9.47 Å². The van der Waals surface area contributed by atoms with E-state index in [1.807, 2.05) is 36.4 Å². The predicted octanol–water partition coefficient (Wildman–Crippen LogP) is 5.60. The standard InChI is InChI=1S/C15H13Br2ClO2/c1-19-12-8-7-11(15(20-2)14(12)18)13(17)9-3-5-10(16)6-4-9/h3-8,13H,1-2H3. The van der Waals surface area contributed by atoms with Crippen molar-refractivity contribution in [2.45, 2.75) is 4.83 Å². The summed E-state index contributed by atoms with van der Waals surface area (Å²) in [6, 6.07) is 11.9. The molecule has 1 atom stereocenters. The van der Waals surface area contributed by atoms with Gasteiger partial charge in [0.05, 0.1) is 19.0 Å². The van der Waals surface area contributed by atoms with Crippen LogP contribution in [0.25, 0.3) is 0 Å². The molecule has 0 aliphatic heterocycles. The largest absolute Gasteiger partial charge is 0.495 e. The maximum Gasteiger partial charge on any atom is 0.145 e. The Bertz CT molecular complexity index is 600. The molecule has 2 nitrogen and oxygen atoms in total. The Kier molecular flexibility index (Phi) is 5.35. The van der Waals surface area contributed by atoms with Gasteiger partial charge in [-0.1, -0.05) is 61.7 Å². The molecule has 0 aromatic heterocycles. The lowest BCUT2D eigenvalue weighted by Gasteiger charge is -2.17. The monoisotopic (exact) mass is 418 g/mol. The number of ether oxygens (including phenoxy) is 2. The third-order valence-corrected chi connectivity index (χ3v) is 4.86. The number of methoxy groups -OCH3 is 2. The summed E-state index contributed by atoms with van der Waals surface area (Å²) >= 11 is 13.4. The van der Waals surface area contributed by atoms with Crippen molar-refractivity contribution in [3.8, 4) is 11.5 Å². The van der Waals surface area contributed by atoms with E-state index in [2.05, 4.69) is 31.9 Å². The molecule has 0 N–H and O–H groups in total. The van der Waals surface area contributed by atoms with Crippen LogP contribution in [0.2, 0.25) is 5.02 Å². The van der Waals surface area contributed by atoms with Gasteiger partial charge in [0.2, 0.25) is 0 Å². The first kappa shape index (κ1) is 15.7. The fraction of sp³-hybridized carbons (Fsp3) is 0.200. The van der Waals surface area contributed by atoms with Crippen LogP contribution in [0.5, 0.6) is 11.5 Å². The van der Waals surface area contributed by atoms with Crippen LogP contribution in [-0.2, 0) is 0 Å². The molecule has 0 aliphatic rings. The van der Waals surface area contributed by atoms with E-state index in [9.17, 15) is 0 Å². The van der Waals surface area contributed by atoms with Crippen molar-refractivity contribution in [3.63, 3.8) is 0 Å². The minimum Gasteiger partial charge on any atom is -0.495 e. The van der Waals surface area contributed by atoms with Gasteiger partial charge in [0.15, 0.2) is 0 Å². The van der Waals surface area contributed by atoms with Gasteiger partial charge in [-0.2, -0.15) is 0 Å². The summed E-state index contributed by atoms with van der Waals surface area (Å²) in [5, 5.41) is 0.481. The summed E-state index contributed by atoms with van der Waals surface area (Å²) < 4.78 is 11.7. The van der Waals surface area contributed by atoms with E-state index in [0.29, 0.717) is 16.5 Å². The highest BCUT2D eigenvalue weighted by Crippen LogP contribution is 2.44. The summed E-state index contributed by atoms with van der Waals surface area (Å²) in [6.45, 7) is 0. The fourth-order valence-corrected chi connectivity index (χ4v) is 3.19. The second kappa shape index (κ2) is 6.83. The van der Waals surface area contributed by atoms with E-state index in [1.54, 1.807) is 14.2 Å². The maximum absolute atomic E-state index is 6.29. The zero-order chi connectivity index (χ0) is 14.7. The summed E-state index contributed by atoms with van der Waals surface area (Å²) in [6.07, 6.45) is 0. The van der Waals surface area contributed by atoms with E-state index in [4.69, 9.17) is 21.1 Å². The molecule has 2 rings (SSSR count). The van der Waals surface area contributed by atoms with E-state index in [-0.39, 0.29) is 4.83 Å². The lowest BCUT2D eigenvalue weighted by molar-refractivity contribution is 0.392. The van der Waals surface area contributed by atoms with E-state index in [1.165, 1.54) is 0 Å². The summed E-state index contributed by atoms with van der Waals surface area (Å²) in [5.41, 5.74) is 2.08. The van der Waals surface area contributed by atoms with Gasteiger partial charge >= 0.3 is 0 Å². The Labute approximate surface area is 140 Å². The number of rotatable bonds is 4. The van der Waals surface area contributed by atoms with E-state index in [0.717, 1.165) is 15.6 Å². The molecule has 2 aromatic rings. The number of hydrogen-bond donors (Lipinski definition) is 0. The summed E-state index contributed by atoms with van der Waals surface area (Å²) in [5.74, 6) is 1.22. The number of alkyl halides is 1. The molecule has 0 aliphatic carbocycles. The number of benzene rings is 2. The first-order valence-corrected chi connectivity index (χ1v) is 7.97. The second-order valence-corrected chi connectivity index (χ2v) is 6.33. The smallest absolute Gasteiger partial charge is 0.145 e. The quantitative estimate of drug-likeness (QED) is 0.599. The van der Waals surface area contributed by atoms with Crippen LogP contribution in [0, 0.1) is 0 Å². The highest BCUT2D eigenvalue weighted by atomic mass is 79.9. The summed E-state index contributed by atoms with van der Waals surface area (Å²) in [7, 11) is 3.19. The van der Waals surface area contributed by atoms with Crippen molar-refractivity contribution in [2.75, 3.05) is 14.2 Å². The molecule has 0 heterocycles. The van der Waals surface area contributed by atoms with Crippen molar-refractivity contribution in [2.24, 2.45) is 0 Å². The Hall–Kier alpha value is -0.710. The van der Waals surface area contributed by atoms with Crippen molar-refractivity contribution in [1.29, 1.82) is 0 Å². The Balaban J connectivity index is 2.46. The zero-order valence-corrected chi connectivity index (χ0v) is 14.9. The van der Waals surface area contributed by atoms with Crippen LogP contribution in [0.4, 0.5) is 0 Å². The van der Waals surface area contributed by atoms with Gasteiger partial charge in [-0.05, 0) is 23.8 Å². The first-order valence-electron chi connectivity index (χ1n) is 5.88. The zero-order valence-electron chi connectivity index (χ0n) is 11.0. The topological polar surface area (TPSA) is 18.5 Å². The van der Waals surface area contributed by atoms with Crippen molar-refractivity contribution < 1.29 is 9.47 Å². The van der Waals surface area contributed by atoms with Gasteiger partial charge in [0, 0.05) is 10.0 Å². The third-order valence-electron chi connectivity index (χ3n) is 2.95. The van der Waals surface area contributed by atoms with Crippen LogP contribution in [0.3, 0.4) is 0 Å². The maximum atomic E-state index is 6.29. The second-order valence-electron chi connectivity index (χ2n) is 4.12. The van der Waals surface area contributed by atoms with Crippen LogP contribution in [0.1, 0.15) is 16.0 Å². The molecule has 0 radical (unpaired) electrons. The SMILES string of the molecule is COc1ccc(C(Br)c2ccc(Br)cc2)c(OC)c1Cl. The van der Waals surface area contributed by atoms with E-state index >= 15 is 0 Å². The van der Waals surface area contributed by atoms with Crippen LogP contribution in [0.15, 0.2) is 40.9 Å². The molecule has 20 heavy (non-hydrogen) atoms. The molecule has 0 fully saturated rings. The molecule has 0 amide bonds. The van der Waals surface area contributed by atoms with E-state index < -0.39 is 0 Å². The lowest BCUT2D eigenvalue weighted by Crippen LogP contribution is -1.99. The predicted molar refractivity (Wildman–Crippen MR) is 89.5 cm³/mol. The molecule has 0 saturated heterocycles. The van der Waals surface area contributed by atoms with Gasteiger partial charge in [-0.3, -0.25) is 0 Å². The van der Waals surface area contributed by atoms with Crippen LogP contribution >= 0.6 is 43.5 Å². The van der Waals surface area contributed by atoms with Gasteiger partial charge in [0.25, 0.3) is 0 Å². The molecule has 2 aromatic carbocycles. The number of halogens is 3. The minimum atomic E-state index is -0.00560. The van der Waals surface area contributed by atoms with Gasteiger partial charge in [-0.25, -0.2) is 0 Å². The molecule has 5 heteroatoms. The molecule has 0 spiro atoms. The molecule has 0 bridgehead atoms. The Morgan fingerprint density at radius 2 is 1.65 bits per heavy atom. The van der Waals surface area contributed by atoms with Crippen molar-refractivity contribution >= 4 is 43.5 Å². The molecule has 106 valence electrons. The van der Waals surface area contributed by atoms with Gasteiger partial charge in [0.1, 0.15) is 16.5 Å². The molecule has 0 saturated carbocycles. The van der Waals surface area contributed by atoms with Gasteiger partial charge in [-0.15, -0.1) is 0 Å². The highest BCUT2D eigenvalue weighted by molar-refractivity contribution is 9.10. The van der Waals surface area contributed by atoms with Crippen LogP contribution in [-0.4, -0.2) is 14.2 Å². The number of hydrogen-bond acceptors (Lipinski definition) is 2. The van der Waals surface area contributed by atoms with Crippen molar-refractivity contribution in [3.05, 3.63) is 57.0 Å². The summed E-state index contributed by atoms with van der Waals surface area (Å²) in [4.78, 5) is -0.00560. The molecule has 1 unspecified atom stereocenters. The average molecular weight is 421 g/mol. The highest BCUT2D eigenvalue weighted by Gasteiger charge is 2.20.